The van der Waals surface area contributed by atoms with Crippen LogP contribution in [0, 0.1) is 0 Å². The lowest BCUT2D eigenvalue weighted by atomic mass is 9.95. The lowest BCUT2D eigenvalue weighted by Crippen LogP contribution is -2.30. The summed E-state index contributed by atoms with van der Waals surface area (Å²) in [6.45, 7) is 3.51. The van der Waals surface area contributed by atoms with E-state index < -0.39 is 17.8 Å². The molecule has 1 amide bonds. The third-order valence-electron chi connectivity index (χ3n) is 5.42. The van der Waals surface area contributed by atoms with Crippen molar-refractivity contribution in [2.75, 3.05) is 16.8 Å². The second kappa shape index (κ2) is 10.6. The van der Waals surface area contributed by atoms with Crippen LogP contribution in [0.15, 0.2) is 51.7 Å². The predicted octanol–water partition coefficient (Wildman–Crippen LogP) is 3.80. The molecule has 186 valence electrons. The number of anilines is 2. The number of carbonyl (C=O) groups is 2. The zero-order chi connectivity index (χ0) is 25.8. The van der Waals surface area contributed by atoms with Crippen molar-refractivity contribution in [2.45, 2.75) is 39.0 Å². The predicted molar refractivity (Wildman–Crippen MR) is 124 cm³/mol. The minimum Gasteiger partial charge on any atom is -0.475 e. The van der Waals surface area contributed by atoms with Gasteiger partial charge in [-0.1, -0.05) is 12.1 Å². The highest BCUT2D eigenvalue weighted by molar-refractivity contribution is 5.92. The van der Waals surface area contributed by atoms with E-state index in [2.05, 4.69) is 22.3 Å². The smallest absolute Gasteiger partial charge is 0.475 e. The van der Waals surface area contributed by atoms with E-state index in [9.17, 15) is 22.8 Å². The molecular formula is C24H24F3N3O5. The van der Waals surface area contributed by atoms with Crippen molar-refractivity contribution in [1.29, 1.82) is 0 Å². The standard InChI is InChI=1S/C22H23N3O3.C2HF3O2/c1-14(26)24-17-7-8-19-16(10-22(27)28-21(19)11-17)13-25-9-3-5-18-15(12-23)4-2-6-20(18)25;3-2(4,5)1(6)7/h2,4,6-8,10-11H,3,5,9,12-13,23H2,1H3,(H,24,26);(H,6,7). The summed E-state index contributed by atoms with van der Waals surface area (Å²) in [4.78, 5) is 34.6. The fraction of sp³-hybridized carbons (Fsp3) is 0.292. The quantitative estimate of drug-likeness (QED) is 0.474. The summed E-state index contributed by atoms with van der Waals surface area (Å²) in [7, 11) is 0. The second-order valence-corrected chi connectivity index (χ2v) is 7.93. The number of carbonyl (C=O) groups excluding carboxylic acids is 1. The summed E-state index contributed by atoms with van der Waals surface area (Å²) < 4.78 is 37.1. The van der Waals surface area contributed by atoms with Crippen molar-refractivity contribution in [1.82, 2.24) is 0 Å². The number of nitrogens with two attached hydrogens (primary N) is 1. The van der Waals surface area contributed by atoms with Crippen molar-refractivity contribution in [3.05, 3.63) is 69.6 Å². The van der Waals surface area contributed by atoms with Crippen LogP contribution in [0.5, 0.6) is 0 Å². The van der Waals surface area contributed by atoms with Gasteiger partial charge in [0.15, 0.2) is 0 Å². The zero-order valence-electron chi connectivity index (χ0n) is 18.8. The molecule has 1 aliphatic rings. The topological polar surface area (TPSA) is 126 Å². The van der Waals surface area contributed by atoms with Crippen LogP contribution in [0.2, 0.25) is 0 Å². The SMILES string of the molecule is CC(=O)Nc1ccc2c(CN3CCCc4c(CN)cccc43)cc(=O)oc2c1.O=C(O)C(F)(F)F. The number of hydrogen-bond donors (Lipinski definition) is 3. The van der Waals surface area contributed by atoms with Gasteiger partial charge in [0.1, 0.15) is 5.58 Å². The molecule has 0 saturated carbocycles. The molecule has 2 aromatic carbocycles. The molecule has 0 spiro atoms. The van der Waals surface area contributed by atoms with Crippen molar-refractivity contribution in [2.24, 2.45) is 5.73 Å². The summed E-state index contributed by atoms with van der Waals surface area (Å²) in [6.07, 6.45) is -3.01. The molecule has 11 heteroatoms. The van der Waals surface area contributed by atoms with Gasteiger partial charge in [-0.05, 0) is 47.7 Å². The zero-order valence-corrected chi connectivity index (χ0v) is 18.8. The highest BCUT2D eigenvalue weighted by Crippen LogP contribution is 2.32. The van der Waals surface area contributed by atoms with Gasteiger partial charge < -0.3 is 25.5 Å². The Morgan fingerprint density at radius 2 is 1.89 bits per heavy atom. The molecule has 1 aromatic heterocycles. The number of hydrogen-bond acceptors (Lipinski definition) is 6. The maximum atomic E-state index is 12.1. The average Bonchev–Trinajstić information content (AvgIpc) is 2.78. The lowest BCUT2D eigenvalue weighted by molar-refractivity contribution is -0.192. The number of carboxylic acids is 1. The Labute approximate surface area is 198 Å². The van der Waals surface area contributed by atoms with Crippen LogP contribution >= 0.6 is 0 Å². The first kappa shape index (κ1) is 25.8. The molecule has 4 N–H and O–H groups in total. The molecule has 0 radical (unpaired) electrons. The minimum absolute atomic E-state index is 0.168. The van der Waals surface area contributed by atoms with E-state index in [0.717, 1.165) is 30.3 Å². The van der Waals surface area contributed by atoms with Crippen molar-refractivity contribution < 1.29 is 32.3 Å². The van der Waals surface area contributed by atoms with Crippen LogP contribution in [0.1, 0.15) is 30.0 Å². The number of alkyl halides is 3. The monoisotopic (exact) mass is 491 g/mol. The maximum Gasteiger partial charge on any atom is 0.490 e. The molecule has 3 aromatic rings. The molecule has 0 aliphatic carbocycles. The highest BCUT2D eigenvalue weighted by Gasteiger charge is 2.38. The molecule has 1 aliphatic heterocycles. The van der Waals surface area contributed by atoms with Crippen LogP contribution in [0.25, 0.3) is 11.0 Å². The number of carboxylic acid groups (broad SMARTS) is 1. The highest BCUT2D eigenvalue weighted by atomic mass is 19.4. The molecule has 35 heavy (non-hydrogen) atoms. The van der Waals surface area contributed by atoms with E-state index in [-0.39, 0.29) is 5.91 Å². The molecule has 8 nitrogen and oxygen atoms in total. The summed E-state index contributed by atoms with van der Waals surface area (Å²) in [5.41, 5.74) is 11.2. The number of fused-ring (bicyclic) bond motifs is 2. The van der Waals surface area contributed by atoms with E-state index >= 15 is 0 Å². The Morgan fingerprint density at radius 1 is 1.17 bits per heavy atom. The van der Waals surface area contributed by atoms with Gasteiger partial charge in [-0.15, -0.1) is 0 Å². The summed E-state index contributed by atoms with van der Waals surface area (Å²) in [6, 6.07) is 13.2. The van der Waals surface area contributed by atoms with Crippen LogP contribution in [-0.2, 0) is 29.1 Å². The van der Waals surface area contributed by atoms with E-state index in [4.69, 9.17) is 20.1 Å². The third-order valence-corrected chi connectivity index (χ3v) is 5.42. The normalized spacial score (nSPS) is 13.0. The van der Waals surface area contributed by atoms with Crippen LogP contribution in [-0.4, -0.2) is 29.7 Å². The molecule has 0 bridgehead atoms. The van der Waals surface area contributed by atoms with Crippen molar-refractivity contribution in [3.63, 3.8) is 0 Å². The first-order chi connectivity index (χ1) is 16.5. The van der Waals surface area contributed by atoms with Crippen molar-refractivity contribution >= 4 is 34.2 Å². The Kier molecular flexibility index (Phi) is 7.80. The van der Waals surface area contributed by atoms with Gasteiger partial charge in [0, 0.05) is 55.5 Å². The fourth-order valence-corrected chi connectivity index (χ4v) is 3.98. The van der Waals surface area contributed by atoms with E-state index in [1.54, 1.807) is 12.1 Å². The molecule has 0 fully saturated rings. The van der Waals surface area contributed by atoms with Gasteiger partial charge in [0.05, 0.1) is 0 Å². The van der Waals surface area contributed by atoms with Crippen LogP contribution < -0.4 is 21.6 Å². The minimum atomic E-state index is -5.08. The van der Waals surface area contributed by atoms with Gasteiger partial charge in [0.2, 0.25) is 5.91 Å². The maximum absolute atomic E-state index is 12.1. The summed E-state index contributed by atoms with van der Waals surface area (Å²) in [5.74, 6) is -2.93. The molecule has 0 saturated heterocycles. The lowest BCUT2D eigenvalue weighted by Gasteiger charge is -2.32. The number of amides is 1. The van der Waals surface area contributed by atoms with E-state index in [0.29, 0.717) is 24.4 Å². The Morgan fingerprint density at radius 3 is 2.51 bits per heavy atom. The van der Waals surface area contributed by atoms with Gasteiger partial charge in [0.25, 0.3) is 0 Å². The van der Waals surface area contributed by atoms with Crippen molar-refractivity contribution in [3.8, 4) is 0 Å². The number of halogens is 3. The van der Waals surface area contributed by atoms with Gasteiger partial charge >= 0.3 is 17.8 Å². The van der Waals surface area contributed by atoms with Crippen LogP contribution in [0.3, 0.4) is 0 Å². The molecule has 0 unspecified atom stereocenters. The summed E-state index contributed by atoms with van der Waals surface area (Å²) in [5, 5.41) is 10.7. The molecular weight excluding hydrogens is 467 g/mol. The first-order valence-corrected chi connectivity index (χ1v) is 10.7. The van der Waals surface area contributed by atoms with Gasteiger partial charge in [-0.25, -0.2) is 9.59 Å². The fourth-order valence-electron chi connectivity index (χ4n) is 3.98. The Hall–Kier alpha value is -3.86. The van der Waals surface area contributed by atoms with E-state index in [1.165, 1.54) is 23.7 Å². The molecule has 2 heterocycles. The molecule has 0 atom stereocenters. The number of nitrogens with one attached hydrogen (secondary N) is 1. The van der Waals surface area contributed by atoms with Crippen LogP contribution in [0.4, 0.5) is 24.5 Å². The average molecular weight is 491 g/mol. The third kappa shape index (κ3) is 6.38. The number of benzene rings is 2. The second-order valence-electron chi connectivity index (χ2n) is 7.93. The number of nitrogens with zero attached hydrogens (tertiary/aromatic N) is 1. The summed E-state index contributed by atoms with van der Waals surface area (Å²) >= 11 is 0. The van der Waals surface area contributed by atoms with Gasteiger partial charge in [-0.3, -0.25) is 4.79 Å². The Balaban J connectivity index is 0.000000429. The Bertz CT molecular complexity index is 1300. The van der Waals surface area contributed by atoms with E-state index in [1.807, 2.05) is 18.2 Å². The largest absolute Gasteiger partial charge is 0.490 e. The van der Waals surface area contributed by atoms with Gasteiger partial charge in [-0.2, -0.15) is 13.2 Å². The number of rotatable bonds is 4. The first-order valence-electron chi connectivity index (χ1n) is 10.7. The molecule has 4 rings (SSSR count). The number of aliphatic carboxylic acids is 1.